The van der Waals surface area contributed by atoms with E-state index in [-0.39, 0.29) is 22.3 Å². The fourth-order valence-corrected chi connectivity index (χ4v) is 4.15. The molecule has 1 heterocycles. The van der Waals surface area contributed by atoms with Crippen LogP contribution >= 0.6 is 0 Å². The molecule has 10 heteroatoms. The molecule has 6 nitrogen and oxygen atoms in total. The second kappa shape index (κ2) is 6.71. The molecule has 0 radical (unpaired) electrons. The van der Waals surface area contributed by atoms with Crippen molar-refractivity contribution in [3.05, 3.63) is 60.4 Å². The molecule has 0 amide bonds. The second-order valence-electron chi connectivity index (χ2n) is 6.44. The summed E-state index contributed by atoms with van der Waals surface area (Å²) in [6, 6.07) is 13.4. The first-order valence-corrected chi connectivity index (χ1v) is 9.90. The Hall–Kier alpha value is -2.72. The first kappa shape index (κ1) is 18.6. The molecule has 1 saturated carbocycles. The van der Waals surface area contributed by atoms with Gasteiger partial charge in [0.25, 0.3) is 0 Å². The predicted octanol–water partition coefficient (Wildman–Crippen LogP) is 3.18. The Kier molecular flexibility index (Phi) is 4.47. The molecule has 3 aromatic rings. The number of hydrogen-bond donors (Lipinski definition) is 2. The summed E-state index contributed by atoms with van der Waals surface area (Å²) in [5.74, 6) is -1.21. The minimum absolute atomic E-state index is 0.0318. The van der Waals surface area contributed by atoms with Crippen molar-refractivity contribution in [3.8, 4) is 0 Å². The van der Waals surface area contributed by atoms with E-state index in [1.54, 1.807) is 36.4 Å². The van der Waals surface area contributed by atoms with Crippen LogP contribution in [-0.2, 0) is 16.2 Å². The van der Waals surface area contributed by atoms with Gasteiger partial charge in [0.05, 0.1) is 10.4 Å². The SMILES string of the molecule is O=S(=O)(NC1CC1Nc1nc(C(F)(F)F)nc2ccccc12)c1ccccc1. The van der Waals surface area contributed by atoms with Crippen LogP contribution < -0.4 is 10.0 Å². The van der Waals surface area contributed by atoms with Crippen molar-refractivity contribution in [1.29, 1.82) is 0 Å². The van der Waals surface area contributed by atoms with Crippen molar-refractivity contribution in [2.75, 3.05) is 5.32 Å². The number of aromatic nitrogens is 2. The number of hydrogen-bond acceptors (Lipinski definition) is 5. The molecule has 28 heavy (non-hydrogen) atoms. The minimum Gasteiger partial charge on any atom is -0.365 e. The molecule has 0 bridgehead atoms. The molecule has 1 aromatic heterocycles. The first-order valence-electron chi connectivity index (χ1n) is 8.42. The van der Waals surface area contributed by atoms with Gasteiger partial charge < -0.3 is 5.32 Å². The lowest BCUT2D eigenvalue weighted by molar-refractivity contribution is -0.144. The molecule has 1 fully saturated rings. The molecule has 2 unspecified atom stereocenters. The van der Waals surface area contributed by atoms with Crippen LogP contribution in [0.15, 0.2) is 59.5 Å². The predicted molar refractivity (Wildman–Crippen MR) is 97.1 cm³/mol. The summed E-state index contributed by atoms with van der Waals surface area (Å²) in [4.78, 5) is 7.31. The summed E-state index contributed by atoms with van der Waals surface area (Å²) in [5, 5.41) is 3.35. The van der Waals surface area contributed by atoms with E-state index in [9.17, 15) is 21.6 Å². The Morgan fingerprint density at radius 2 is 1.61 bits per heavy atom. The molecule has 2 atom stereocenters. The highest BCUT2D eigenvalue weighted by Gasteiger charge is 2.42. The van der Waals surface area contributed by atoms with Gasteiger partial charge in [-0.05, 0) is 30.7 Å². The van der Waals surface area contributed by atoms with Crippen molar-refractivity contribution in [2.45, 2.75) is 29.6 Å². The topological polar surface area (TPSA) is 84.0 Å². The number of benzene rings is 2. The zero-order valence-electron chi connectivity index (χ0n) is 14.3. The number of anilines is 1. The van der Waals surface area contributed by atoms with Crippen LogP contribution in [0.3, 0.4) is 0 Å². The summed E-state index contributed by atoms with van der Waals surface area (Å²) >= 11 is 0. The van der Waals surface area contributed by atoms with Crippen molar-refractivity contribution in [1.82, 2.24) is 14.7 Å². The van der Waals surface area contributed by atoms with Gasteiger partial charge >= 0.3 is 6.18 Å². The van der Waals surface area contributed by atoms with Gasteiger partial charge in [-0.25, -0.2) is 23.1 Å². The maximum absolute atomic E-state index is 13.1. The summed E-state index contributed by atoms with van der Waals surface area (Å²) in [7, 11) is -3.70. The third-order valence-corrected chi connectivity index (χ3v) is 5.84. The first-order chi connectivity index (χ1) is 13.2. The number of nitrogens with one attached hydrogen (secondary N) is 2. The van der Waals surface area contributed by atoms with E-state index in [1.807, 2.05) is 0 Å². The van der Waals surface area contributed by atoms with Crippen LogP contribution in [-0.4, -0.2) is 30.5 Å². The summed E-state index contributed by atoms with van der Waals surface area (Å²) in [5.41, 5.74) is 0.161. The number of fused-ring (bicyclic) bond motifs is 1. The Morgan fingerprint density at radius 3 is 2.32 bits per heavy atom. The quantitative estimate of drug-likeness (QED) is 0.678. The number of sulfonamides is 1. The van der Waals surface area contributed by atoms with E-state index in [1.165, 1.54) is 18.2 Å². The van der Waals surface area contributed by atoms with Crippen LogP contribution in [0.2, 0.25) is 0 Å². The lowest BCUT2D eigenvalue weighted by Crippen LogP contribution is -2.29. The van der Waals surface area contributed by atoms with Gasteiger partial charge in [0, 0.05) is 17.5 Å². The fraction of sp³-hybridized carbons (Fsp3) is 0.222. The number of rotatable bonds is 5. The molecule has 0 aliphatic heterocycles. The zero-order chi connectivity index (χ0) is 19.9. The monoisotopic (exact) mass is 408 g/mol. The largest absolute Gasteiger partial charge is 0.451 e. The van der Waals surface area contributed by atoms with Crippen molar-refractivity contribution >= 4 is 26.7 Å². The average Bonchev–Trinajstić information content (AvgIpc) is 3.38. The van der Waals surface area contributed by atoms with Crippen molar-refractivity contribution in [3.63, 3.8) is 0 Å². The normalized spacial score (nSPS) is 19.5. The van der Waals surface area contributed by atoms with E-state index in [2.05, 4.69) is 20.0 Å². The molecule has 2 aromatic carbocycles. The number of para-hydroxylation sites is 1. The van der Waals surface area contributed by atoms with Gasteiger partial charge in [0.1, 0.15) is 5.82 Å². The smallest absolute Gasteiger partial charge is 0.365 e. The van der Waals surface area contributed by atoms with E-state index < -0.39 is 28.1 Å². The van der Waals surface area contributed by atoms with Gasteiger partial charge in [0.2, 0.25) is 15.8 Å². The minimum atomic E-state index is -4.68. The van der Waals surface area contributed by atoms with E-state index in [0.717, 1.165) is 0 Å². The number of nitrogens with zero attached hydrogens (tertiary/aromatic N) is 2. The third kappa shape index (κ3) is 3.78. The molecule has 0 saturated heterocycles. The molecule has 4 rings (SSSR count). The fourth-order valence-electron chi connectivity index (χ4n) is 2.84. The zero-order valence-corrected chi connectivity index (χ0v) is 15.1. The Labute approximate surface area is 158 Å². The summed E-state index contributed by atoms with van der Waals surface area (Å²) in [6.45, 7) is 0. The van der Waals surface area contributed by atoms with Crippen molar-refractivity contribution in [2.24, 2.45) is 0 Å². The Morgan fingerprint density at radius 1 is 0.929 bits per heavy atom. The van der Waals surface area contributed by atoms with E-state index in [4.69, 9.17) is 0 Å². The highest BCUT2D eigenvalue weighted by molar-refractivity contribution is 7.89. The average molecular weight is 408 g/mol. The van der Waals surface area contributed by atoms with Gasteiger partial charge in [0.15, 0.2) is 0 Å². The van der Waals surface area contributed by atoms with Gasteiger partial charge in [-0.1, -0.05) is 30.3 Å². The van der Waals surface area contributed by atoms with Gasteiger partial charge in [-0.3, -0.25) is 0 Å². The van der Waals surface area contributed by atoms with E-state index >= 15 is 0 Å². The van der Waals surface area contributed by atoms with Crippen LogP contribution in [0.1, 0.15) is 12.2 Å². The number of halogens is 3. The maximum Gasteiger partial charge on any atom is 0.451 e. The van der Waals surface area contributed by atoms with Crippen LogP contribution in [0.5, 0.6) is 0 Å². The Balaban J connectivity index is 1.55. The molecular weight excluding hydrogens is 393 g/mol. The third-order valence-electron chi connectivity index (χ3n) is 4.33. The standard InChI is InChI=1S/C18H15F3N4O2S/c19-18(20,21)17-23-13-9-5-4-8-12(13)16(24-17)22-14-10-15(14)25-28(26,27)11-6-2-1-3-7-11/h1-9,14-15,25H,10H2,(H,22,23,24). The lowest BCUT2D eigenvalue weighted by atomic mass is 10.2. The van der Waals surface area contributed by atoms with Crippen LogP contribution in [0.4, 0.5) is 19.0 Å². The molecule has 1 aliphatic carbocycles. The maximum atomic E-state index is 13.1. The van der Waals surface area contributed by atoms with Gasteiger partial charge in [-0.15, -0.1) is 0 Å². The lowest BCUT2D eigenvalue weighted by Gasteiger charge is -2.12. The Bertz CT molecular complexity index is 1120. The molecule has 146 valence electrons. The molecular formula is C18H15F3N4O2S. The number of alkyl halides is 3. The van der Waals surface area contributed by atoms with Crippen LogP contribution in [0.25, 0.3) is 10.9 Å². The van der Waals surface area contributed by atoms with E-state index in [0.29, 0.717) is 11.8 Å². The second-order valence-corrected chi connectivity index (χ2v) is 8.15. The highest BCUT2D eigenvalue weighted by atomic mass is 32.2. The molecule has 2 N–H and O–H groups in total. The molecule has 1 aliphatic rings. The highest BCUT2D eigenvalue weighted by Crippen LogP contribution is 2.33. The van der Waals surface area contributed by atoms with Crippen LogP contribution in [0, 0.1) is 0 Å². The molecule has 0 spiro atoms. The summed E-state index contributed by atoms with van der Waals surface area (Å²) in [6.07, 6.45) is -4.25. The van der Waals surface area contributed by atoms with Gasteiger partial charge in [-0.2, -0.15) is 13.2 Å². The van der Waals surface area contributed by atoms with Crippen molar-refractivity contribution < 1.29 is 21.6 Å². The summed E-state index contributed by atoms with van der Waals surface area (Å²) < 4.78 is 66.6.